The minimum Gasteiger partial charge on any atom is -0.374 e. The van der Waals surface area contributed by atoms with E-state index in [1.165, 1.54) is 11.1 Å². The quantitative estimate of drug-likeness (QED) is 0.443. The highest BCUT2D eigenvalue weighted by Gasteiger charge is 2.04. The predicted octanol–water partition coefficient (Wildman–Crippen LogP) is 3.52. The molecule has 0 saturated heterocycles. The Bertz CT molecular complexity index is 599. The van der Waals surface area contributed by atoms with Crippen molar-refractivity contribution in [3.8, 4) is 0 Å². The van der Waals surface area contributed by atoms with Crippen LogP contribution >= 0.6 is 0 Å². The largest absolute Gasteiger partial charge is 0.374 e. The molecule has 0 aromatic heterocycles. The number of guanidine groups is 1. The zero-order valence-corrected chi connectivity index (χ0v) is 14.5. The molecule has 0 amide bonds. The maximum Gasteiger partial charge on any atom is 0.191 e. The van der Waals surface area contributed by atoms with Crippen LogP contribution in [-0.4, -0.2) is 26.2 Å². The molecule has 0 radical (unpaired) electrons. The van der Waals surface area contributed by atoms with Crippen molar-refractivity contribution in [3.05, 3.63) is 71.8 Å². The van der Waals surface area contributed by atoms with Gasteiger partial charge in [-0.2, -0.15) is 0 Å². The van der Waals surface area contributed by atoms with Crippen molar-refractivity contribution in [1.29, 1.82) is 0 Å². The van der Waals surface area contributed by atoms with E-state index in [1.807, 2.05) is 36.4 Å². The topological polar surface area (TPSA) is 45.7 Å². The molecular weight excluding hydrogens is 298 g/mol. The SMILES string of the molecule is CN=C(NCCCOC(C)c1ccccc1)NCc1ccccc1. The number of nitrogens with zero attached hydrogens (tertiary/aromatic N) is 1. The van der Waals surface area contributed by atoms with Gasteiger partial charge in [0.1, 0.15) is 0 Å². The number of hydrogen-bond donors (Lipinski definition) is 2. The van der Waals surface area contributed by atoms with E-state index in [0.29, 0.717) is 0 Å². The average Bonchev–Trinajstić information content (AvgIpc) is 2.65. The molecule has 0 aliphatic rings. The van der Waals surface area contributed by atoms with Crippen LogP contribution in [0.1, 0.15) is 30.6 Å². The first-order valence-corrected chi connectivity index (χ1v) is 8.44. The van der Waals surface area contributed by atoms with Crippen LogP contribution in [0.5, 0.6) is 0 Å². The van der Waals surface area contributed by atoms with Gasteiger partial charge >= 0.3 is 0 Å². The first kappa shape index (κ1) is 18.0. The van der Waals surface area contributed by atoms with E-state index in [1.54, 1.807) is 7.05 Å². The Morgan fingerprint density at radius 3 is 2.33 bits per heavy atom. The fourth-order valence-corrected chi connectivity index (χ4v) is 2.36. The highest BCUT2D eigenvalue weighted by molar-refractivity contribution is 5.79. The van der Waals surface area contributed by atoms with Gasteiger partial charge in [-0.25, -0.2) is 0 Å². The van der Waals surface area contributed by atoms with E-state index in [4.69, 9.17) is 4.74 Å². The summed E-state index contributed by atoms with van der Waals surface area (Å²) >= 11 is 0. The van der Waals surface area contributed by atoms with Gasteiger partial charge in [-0.05, 0) is 24.5 Å². The maximum absolute atomic E-state index is 5.87. The molecule has 2 N–H and O–H groups in total. The summed E-state index contributed by atoms with van der Waals surface area (Å²) in [5, 5.41) is 6.62. The van der Waals surface area contributed by atoms with Gasteiger partial charge in [0.25, 0.3) is 0 Å². The predicted molar refractivity (Wildman–Crippen MR) is 100 cm³/mol. The summed E-state index contributed by atoms with van der Waals surface area (Å²) in [7, 11) is 1.79. The summed E-state index contributed by atoms with van der Waals surface area (Å²) in [6.07, 6.45) is 1.06. The lowest BCUT2D eigenvalue weighted by molar-refractivity contribution is 0.0646. The van der Waals surface area contributed by atoms with E-state index in [2.05, 4.69) is 46.8 Å². The monoisotopic (exact) mass is 325 g/mol. The van der Waals surface area contributed by atoms with Crippen molar-refractivity contribution in [1.82, 2.24) is 10.6 Å². The number of aliphatic imine (C=N–C) groups is 1. The molecule has 0 spiro atoms. The van der Waals surface area contributed by atoms with Crippen molar-refractivity contribution in [2.45, 2.75) is 26.0 Å². The van der Waals surface area contributed by atoms with Crippen LogP contribution < -0.4 is 10.6 Å². The molecule has 0 heterocycles. The number of ether oxygens (including phenoxy) is 1. The van der Waals surface area contributed by atoms with Gasteiger partial charge < -0.3 is 15.4 Å². The Labute approximate surface area is 145 Å². The van der Waals surface area contributed by atoms with Crippen molar-refractivity contribution >= 4 is 5.96 Å². The highest BCUT2D eigenvalue weighted by atomic mass is 16.5. The van der Waals surface area contributed by atoms with Crippen molar-refractivity contribution < 1.29 is 4.74 Å². The van der Waals surface area contributed by atoms with Crippen LogP contribution in [0.25, 0.3) is 0 Å². The zero-order valence-electron chi connectivity index (χ0n) is 14.5. The van der Waals surface area contributed by atoms with Gasteiger partial charge in [0.05, 0.1) is 6.10 Å². The van der Waals surface area contributed by atoms with E-state index >= 15 is 0 Å². The first-order chi connectivity index (χ1) is 11.8. The number of hydrogen-bond acceptors (Lipinski definition) is 2. The minimum atomic E-state index is 0.127. The smallest absolute Gasteiger partial charge is 0.191 e. The van der Waals surface area contributed by atoms with E-state index in [9.17, 15) is 0 Å². The molecule has 1 unspecified atom stereocenters. The summed E-state index contributed by atoms with van der Waals surface area (Å²) < 4.78 is 5.87. The lowest BCUT2D eigenvalue weighted by atomic mass is 10.1. The second-order valence-electron chi connectivity index (χ2n) is 5.62. The lowest BCUT2D eigenvalue weighted by Gasteiger charge is -2.15. The van der Waals surface area contributed by atoms with E-state index < -0.39 is 0 Å². The van der Waals surface area contributed by atoms with E-state index in [0.717, 1.165) is 32.1 Å². The Hall–Kier alpha value is -2.33. The Morgan fingerprint density at radius 2 is 1.67 bits per heavy atom. The summed E-state index contributed by atoms with van der Waals surface area (Å²) in [5.41, 5.74) is 2.45. The van der Waals surface area contributed by atoms with Crippen LogP contribution in [0, 0.1) is 0 Å². The van der Waals surface area contributed by atoms with Crippen LogP contribution in [0.4, 0.5) is 0 Å². The van der Waals surface area contributed by atoms with Crippen LogP contribution in [-0.2, 0) is 11.3 Å². The standard InChI is InChI=1S/C20H27N3O/c1-17(19-12-7-4-8-13-19)24-15-9-14-22-20(21-2)23-16-18-10-5-3-6-11-18/h3-8,10-13,17H,9,14-16H2,1-2H3,(H2,21,22,23). The molecule has 0 saturated carbocycles. The molecule has 4 nitrogen and oxygen atoms in total. The summed E-state index contributed by atoms with van der Waals surface area (Å²) in [5.74, 6) is 0.815. The summed E-state index contributed by atoms with van der Waals surface area (Å²) in [6, 6.07) is 20.6. The van der Waals surface area contributed by atoms with E-state index in [-0.39, 0.29) is 6.10 Å². The molecule has 0 aliphatic heterocycles. The fraction of sp³-hybridized carbons (Fsp3) is 0.350. The Balaban J connectivity index is 1.60. The lowest BCUT2D eigenvalue weighted by Crippen LogP contribution is -2.37. The number of rotatable bonds is 8. The Morgan fingerprint density at radius 1 is 1.00 bits per heavy atom. The second kappa shape index (κ2) is 10.4. The molecule has 0 aliphatic carbocycles. The first-order valence-electron chi connectivity index (χ1n) is 8.44. The molecule has 4 heteroatoms. The molecule has 2 rings (SSSR count). The van der Waals surface area contributed by atoms with Gasteiger partial charge in [-0.3, -0.25) is 4.99 Å². The van der Waals surface area contributed by atoms with Crippen molar-refractivity contribution in [2.75, 3.05) is 20.2 Å². The fourth-order valence-electron chi connectivity index (χ4n) is 2.36. The zero-order chi connectivity index (χ0) is 17.0. The number of nitrogens with one attached hydrogen (secondary N) is 2. The third-order valence-electron chi connectivity index (χ3n) is 3.78. The third kappa shape index (κ3) is 6.42. The van der Waals surface area contributed by atoms with Gasteiger partial charge in [0, 0.05) is 26.7 Å². The molecule has 2 aromatic carbocycles. The molecule has 2 aromatic rings. The Kier molecular flexibility index (Phi) is 7.84. The van der Waals surface area contributed by atoms with Crippen LogP contribution in [0.2, 0.25) is 0 Å². The number of benzene rings is 2. The molecule has 24 heavy (non-hydrogen) atoms. The van der Waals surface area contributed by atoms with Crippen molar-refractivity contribution in [2.24, 2.45) is 4.99 Å². The van der Waals surface area contributed by atoms with Gasteiger partial charge in [-0.1, -0.05) is 60.7 Å². The maximum atomic E-state index is 5.87. The summed E-state index contributed by atoms with van der Waals surface area (Å²) in [6.45, 7) is 4.40. The average molecular weight is 325 g/mol. The molecule has 128 valence electrons. The van der Waals surface area contributed by atoms with Crippen molar-refractivity contribution in [3.63, 3.8) is 0 Å². The minimum absolute atomic E-state index is 0.127. The molecule has 0 fully saturated rings. The molecule has 0 bridgehead atoms. The third-order valence-corrected chi connectivity index (χ3v) is 3.78. The van der Waals surface area contributed by atoms with Crippen LogP contribution in [0.3, 0.4) is 0 Å². The normalized spacial score (nSPS) is 12.7. The second-order valence-corrected chi connectivity index (χ2v) is 5.62. The van der Waals surface area contributed by atoms with Gasteiger partial charge in [0.2, 0.25) is 0 Å². The molecular formula is C20H27N3O. The van der Waals surface area contributed by atoms with Gasteiger partial charge in [-0.15, -0.1) is 0 Å². The van der Waals surface area contributed by atoms with Gasteiger partial charge in [0.15, 0.2) is 5.96 Å². The highest BCUT2D eigenvalue weighted by Crippen LogP contribution is 2.15. The van der Waals surface area contributed by atoms with Crippen LogP contribution in [0.15, 0.2) is 65.7 Å². The molecule has 1 atom stereocenters. The summed E-state index contributed by atoms with van der Waals surface area (Å²) in [4.78, 5) is 4.24.